The van der Waals surface area contributed by atoms with Gasteiger partial charge in [0, 0.05) is 12.4 Å². The molecular weight excluding hydrogens is 292 g/mol. The molecule has 2 unspecified atom stereocenters. The van der Waals surface area contributed by atoms with Gasteiger partial charge in [-0.2, -0.15) is 0 Å². The zero-order valence-corrected chi connectivity index (χ0v) is 11.9. The van der Waals surface area contributed by atoms with Crippen molar-refractivity contribution in [2.75, 3.05) is 13.2 Å². The molecule has 1 saturated heterocycles. The Morgan fingerprint density at radius 3 is 2.81 bits per heavy atom. The quantitative estimate of drug-likeness (QED) is 0.894. The van der Waals surface area contributed by atoms with Gasteiger partial charge in [-0.15, -0.1) is 11.3 Å². The molecule has 2 N–H and O–H groups in total. The summed E-state index contributed by atoms with van der Waals surface area (Å²) < 4.78 is 7.01. The molecule has 0 spiro atoms. The number of nitrogens with one attached hydrogen (secondary N) is 1. The number of rotatable bonds is 4. The van der Waals surface area contributed by atoms with Gasteiger partial charge in [0.25, 0.3) is 5.91 Å². The predicted molar refractivity (Wildman–Crippen MR) is 76.8 cm³/mol. The third kappa shape index (κ3) is 2.70. The highest BCUT2D eigenvalue weighted by molar-refractivity contribution is 7.12. The minimum absolute atomic E-state index is 0.134. The van der Waals surface area contributed by atoms with E-state index in [1.807, 2.05) is 40.5 Å². The number of carboxylic acids is 1. The van der Waals surface area contributed by atoms with E-state index in [2.05, 4.69) is 5.32 Å². The molecule has 0 aromatic carbocycles. The molecule has 1 amide bonds. The van der Waals surface area contributed by atoms with Crippen molar-refractivity contribution in [1.29, 1.82) is 0 Å². The lowest BCUT2D eigenvalue weighted by molar-refractivity contribution is -0.142. The number of amides is 1. The van der Waals surface area contributed by atoms with Crippen molar-refractivity contribution in [3.63, 3.8) is 0 Å². The Morgan fingerprint density at radius 2 is 2.10 bits per heavy atom. The average Bonchev–Trinajstić information content (AvgIpc) is 3.19. The first-order chi connectivity index (χ1) is 10.2. The summed E-state index contributed by atoms with van der Waals surface area (Å²) in [6.45, 7) is 0.363. The van der Waals surface area contributed by atoms with E-state index in [1.165, 1.54) is 11.3 Å². The molecule has 2 aromatic rings. The van der Waals surface area contributed by atoms with Crippen LogP contribution >= 0.6 is 11.3 Å². The molecule has 21 heavy (non-hydrogen) atoms. The van der Waals surface area contributed by atoms with E-state index < -0.39 is 17.9 Å². The van der Waals surface area contributed by atoms with Crippen LogP contribution in [0.1, 0.15) is 9.67 Å². The molecule has 1 fully saturated rings. The highest BCUT2D eigenvalue weighted by Crippen LogP contribution is 2.22. The molecule has 0 saturated carbocycles. The van der Waals surface area contributed by atoms with Crippen LogP contribution in [0.5, 0.6) is 0 Å². The zero-order valence-electron chi connectivity index (χ0n) is 11.1. The molecule has 110 valence electrons. The van der Waals surface area contributed by atoms with E-state index in [9.17, 15) is 9.59 Å². The van der Waals surface area contributed by atoms with Crippen LogP contribution in [0.3, 0.4) is 0 Å². The second-order valence-corrected chi connectivity index (χ2v) is 5.70. The largest absolute Gasteiger partial charge is 0.481 e. The lowest BCUT2D eigenvalue weighted by atomic mass is 10.0. The Bertz CT molecular complexity index is 650. The van der Waals surface area contributed by atoms with Crippen LogP contribution in [-0.4, -0.2) is 40.8 Å². The number of ether oxygens (including phenoxy) is 1. The monoisotopic (exact) mass is 306 g/mol. The van der Waals surface area contributed by atoms with E-state index in [4.69, 9.17) is 9.84 Å². The summed E-state index contributed by atoms with van der Waals surface area (Å²) in [6, 6.07) is 5.13. The van der Waals surface area contributed by atoms with Gasteiger partial charge in [-0.1, -0.05) is 0 Å². The van der Waals surface area contributed by atoms with Crippen molar-refractivity contribution in [1.82, 2.24) is 9.88 Å². The zero-order chi connectivity index (χ0) is 14.8. The number of aromatic nitrogens is 1. The Balaban J connectivity index is 1.78. The van der Waals surface area contributed by atoms with Crippen LogP contribution in [-0.2, 0) is 9.53 Å². The molecule has 1 aliphatic heterocycles. The second-order valence-electron chi connectivity index (χ2n) is 4.79. The molecule has 3 rings (SSSR count). The second kappa shape index (κ2) is 5.71. The highest BCUT2D eigenvalue weighted by Gasteiger charge is 2.35. The lowest BCUT2D eigenvalue weighted by Crippen LogP contribution is -2.42. The third-order valence-corrected chi connectivity index (χ3v) is 4.35. The maximum atomic E-state index is 12.4. The number of carbonyl (C=O) groups is 2. The lowest BCUT2D eigenvalue weighted by Gasteiger charge is -2.15. The first-order valence-electron chi connectivity index (χ1n) is 6.49. The number of nitrogens with zero attached hydrogens (tertiary/aromatic N) is 1. The van der Waals surface area contributed by atoms with Crippen molar-refractivity contribution in [2.45, 2.75) is 6.04 Å². The van der Waals surface area contributed by atoms with Crippen molar-refractivity contribution in [3.8, 4) is 5.69 Å². The van der Waals surface area contributed by atoms with Gasteiger partial charge in [-0.05, 0) is 23.6 Å². The molecular formula is C14H14N2O4S. The van der Waals surface area contributed by atoms with Gasteiger partial charge < -0.3 is 19.7 Å². The summed E-state index contributed by atoms with van der Waals surface area (Å²) in [6.07, 6.45) is 3.72. The van der Waals surface area contributed by atoms with Gasteiger partial charge in [0.15, 0.2) is 0 Å². The number of hydrogen-bond donors (Lipinski definition) is 2. The fraction of sp³-hybridized carbons (Fsp3) is 0.286. The fourth-order valence-corrected chi connectivity index (χ4v) is 3.14. The van der Waals surface area contributed by atoms with Crippen LogP contribution in [0.25, 0.3) is 5.69 Å². The SMILES string of the molecule is O=C(NC1COCC1C(=O)O)c1sccc1-n1cccc1. The van der Waals surface area contributed by atoms with Crippen LogP contribution in [0.15, 0.2) is 36.0 Å². The fourth-order valence-electron chi connectivity index (χ4n) is 2.34. The minimum Gasteiger partial charge on any atom is -0.481 e. The van der Waals surface area contributed by atoms with Crippen molar-refractivity contribution >= 4 is 23.2 Å². The first-order valence-corrected chi connectivity index (χ1v) is 7.37. The highest BCUT2D eigenvalue weighted by atomic mass is 32.1. The van der Waals surface area contributed by atoms with Crippen LogP contribution < -0.4 is 5.32 Å². The van der Waals surface area contributed by atoms with E-state index in [0.717, 1.165) is 5.69 Å². The molecule has 7 heteroatoms. The van der Waals surface area contributed by atoms with Gasteiger partial charge in [0.2, 0.25) is 0 Å². The molecule has 6 nitrogen and oxygen atoms in total. The number of carbonyl (C=O) groups excluding carboxylic acids is 1. The number of aliphatic carboxylic acids is 1. The number of hydrogen-bond acceptors (Lipinski definition) is 4. The van der Waals surface area contributed by atoms with Crippen LogP contribution in [0.2, 0.25) is 0 Å². The number of thiophene rings is 1. The van der Waals surface area contributed by atoms with E-state index in [0.29, 0.717) is 4.88 Å². The smallest absolute Gasteiger partial charge is 0.311 e. The summed E-state index contributed by atoms with van der Waals surface area (Å²) in [5, 5.41) is 13.7. The first kappa shape index (κ1) is 13.8. The topological polar surface area (TPSA) is 80.6 Å². The normalized spacial score (nSPS) is 21.3. The molecule has 3 heterocycles. The Kier molecular flexibility index (Phi) is 3.76. The van der Waals surface area contributed by atoms with Crippen LogP contribution in [0, 0.1) is 5.92 Å². The summed E-state index contributed by atoms with van der Waals surface area (Å²) in [5.74, 6) is -1.91. The summed E-state index contributed by atoms with van der Waals surface area (Å²) >= 11 is 1.33. The van der Waals surface area contributed by atoms with Gasteiger partial charge in [0.05, 0.1) is 24.9 Å². The molecule has 2 aromatic heterocycles. The molecule has 0 bridgehead atoms. The molecule has 2 atom stereocenters. The standard InChI is InChI=1S/C14H14N2O4S/c17-13(15-10-8-20-7-9(10)14(18)19)12-11(3-6-21-12)16-4-1-2-5-16/h1-6,9-10H,7-8H2,(H,15,17)(H,18,19). The minimum atomic E-state index is -0.949. The summed E-state index contributed by atoms with van der Waals surface area (Å²) in [5.41, 5.74) is 0.785. The number of carboxylic acid groups (broad SMARTS) is 1. The van der Waals surface area contributed by atoms with Gasteiger partial charge in [0.1, 0.15) is 10.8 Å². The van der Waals surface area contributed by atoms with E-state index >= 15 is 0 Å². The van der Waals surface area contributed by atoms with Gasteiger partial charge in [-0.25, -0.2) is 0 Å². The van der Waals surface area contributed by atoms with E-state index in [-0.39, 0.29) is 19.1 Å². The Morgan fingerprint density at radius 1 is 1.33 bits per heavy atom. The third-order valence-electron chi connectivity index (χ3n) is 3.45. The summed E-state index contributed by atoms with van der Waals surface area (Å²) in [7, 11) is 0. The van der Waals surface area contributed by atoms with E-state index in [1.54, 1.807) is 0 Å². The maximum Gasteiger partial charge on any atom is 0.311 e. The maximum absolute atomic E-state index is 12.4. The average molecular weight is 306 g/mol. The summed E-state index contributed by atoms with van der Waals surface area (Å²) in [4.78, 5) is 24.0. The predicted octanol–water partition coefficient (Wildman–Crippen LogP) is 1.37. The van der Waals surface area contributed by atoms with Crippen LogP contribution in [0.4, 0.5) is 0 Å². The van der Waals surface area contributed by atoms with Crippen molar-refractivity contribution < 1.29 is 19.4 Å². The molecule has 0 radical (unpaired) electrons. The Hall–Kier alpha value is -2.12. The van der Waals surface area contributed by atoms with Gasteiger partial charge >= 0.3 is 5.97 Å². The van der Waals surface area contributed by atoms with Gasteiger partial charge in [-0.3, -0.25) is 9.59 Å². The molecule has 0 aliphatic carbocycles. The molecule has 1 aliphatic rings. The van der Waals surface area contributed by atoms with Crippen molar-refractivity contribution in [2.24, 2.45) is 5.92 Å². The van der Waals surface area contributed by atoms with Crippen molar-refractivity contribution in [3.05, 3.63) is 40.8 Å². The Labute approximate surface area is 125 Å².